The van der Waals surface area contributed by atoms with Crippen LogP contribution in [0.2, 0.25) is 0 Å². The fourth-order valence-corrected chi connectivity index (χ4v) is 4.21. The molecule has 3 nitrogen and oxygen atoms in total. The number of alkyl halides is 1. The summed E-state index contributed by atoms with van der Waals surface area (Å²) >= 11 is 16.6. The van der Waals surface area contributed by atoms with Crippen molar-refractivity contribution in [3.63, 3.8) is 0 Å². The van der Waals surface area contributed by atoms with Gasteiger partial charge in [-0.1, -0.05) is 28.1 Å². The zero-order valence-electron chi connectivity index (χ0n) is 9.37. The highest BCUT2D eigenvalue weighted by Crippen LogP contribution is 2.33. The van der Waals surface area contributed by atoms with E-state index in [1.54, 1.807) is 4.68 Å². The SMILES string of the molecule is CCC(Cl)c1cn(-c2c(Br)cc(Br)cc2Br)nn1. The van der Waals surface area contributed by atoms with E-state index < -0.39 is 0 Å². The van der Waals surface area contributed by atoms with Crippen molar-refractivity contribution in [3.05, 3.63) is 37.4 Å². The molecule has 0 saturated carbocycles. The Morgan fingerprint density at radius 2 is 1.89 bits per heavy atom. The molecule has 18 heavy (non-hydrogen) atoms. The number of nitrogens with zero attached hydrogens (tertiary/aromatic N) is 3. The number of hydrogen-bond donors (Lipinski definition) is 0. The lowest BCUT2D eigenvalue weighted by Crippen LogP contribution is -1.97. The molecule has 96 valence electrons. The van der Waals surface area contributed by atoms with Gasteiger partial charge in [-0.05, 0) is 50.4 Å². The van der Waals surface area contributed by atoms with E-state index in [-0.39, 0.29) is 5.38 Å². The zero-order valence-corrected chi connectivity index (χ0v) is 14.9. The molecule has 1 atom stereocenters. The van der Waals surface area contributed by atoms with E-state index >= 15 is 0 Å². The fraction of sp³-hybridized carbons (Fsp3) is 0.273. The van der Waals surface area contributed by atoms with Crippen LogP contribution in [-0.2, 0) is 0 Å². The zero-order chi connectivity index (χ0) is 13.3. The Bertz CT molecular complexity index is 547. The molecule has 0 amide bonds. The molecule has 0 fully saturated rings. The molecule has 0 aliphatic carbocycles. The smallest absolute Gasteiger partial charge is 0.101 e. The van der Waals surface area contributed by atoms with Gasteiger partial charge in [-0.2, -0.15) is 0 Å². The molecule has 1 heterocycles. The number of hydrogen-bond acceptors (Lipinski definition) is 2. The number of aromatic nitrogens is 3. The summed E-state index contributed by atoms with van der Waals surface area (Å²) in [6.07, 6.45) is 2.67. The summed E-state index contributed by atoms with van der Waals surface area (Å²) in [7, 11) is 0. The molecule has 0 bridgehead atoms. The van der Waals surface area contributed by atoms with Gasteiger partial charge in [-0.3, -0.25) is 0 Å². The first-order valence-corrected chi connectivity index (χ1v) is 8.05. The molecule has 1 aromatic heterocycles. The summed E-state index contributed by atoms with van der Waals surface area (Å²) in [6.45, 7) is 2.02. The summed E-state index contributed by atoms with van der Waals surface area (Å²) in [5.74, 6) is 0. The van der Waals surface area contributed by atoms with Gasteiger partial charge in [0.05, 0.1) is 17.3 Å². The van der Waals surface area contributed by atoms with Crippen molar-refractivity contribution in [2.45, 2.75) is 18.7 Å². The van der Waals surface area contributed by atoms with Gasteiger partial charge in [0.1, 0.15) is 5.69 Å². The van der Waals surface area contributed by atoms with Crippen LogP contribution in [0.25, 0.3) is 5.69 Å². The Labute approximate surface area is 135 Å². The highest BCUT2D eigenvalue weighted by atomic mass is 79.9. The maximum Gasteiger partial charge on any atom is 0.101 e. The molecule has 0 spiro atoms. The molecule has 0 N–H and O–H groups in total. The summed E-state index contributed by atoms with van der Waals surface area (Å²) < 4.78 is 4.53. The first-order chi connectivity index (χ1) is 8.52. The molecule has 7 heteroatoms. The quantitative estimate of drug-likeness (QED) is 0.589. The molecule has 0 radical (unpaired) electrons. The molecular weight excluding hydrogens is 449 g/mol. The maximum absolute atomic E-state index is 6.15. The summed E-state index contributed by atoms with van der Waals surface area (Å²) in [4.78, 5) is 0. The summed E-state index contributed by atoms with van der Waals surface area (Å²) in [5.41, 5.74) is 1.68. The molecule has 1 unspecified atom stereocenters. The van der Waals surface area contributed by atoms with Gasteiger partial charge in [0.2, 0.25) is 0 Å². The van der Waals surface area contributed by atoms with E-state index in [4.69, 9.17) is 11.6 Å². The van der Waals surface area contributed by atoms with E-state index in [1.807, 2.05) is 25.3 Å². The Morgan fingerprint density at radius 3 is 2.44 bits per heavy atom. The predicted octanol–water partition coefficient (Wildman–Crippen LogP) is 5.24. The van der Waals surface area contributed by atoms with Crippen LogP contribution in [0.4, 0.5) is 0 Å². The van der Waals surface area contributed by atoms with Gasteiger partial charge in [0.25, 0.3) is 0 Å². The minimum atomic E-state index is -0.105. The molecule has 0 saturated heterocycles. The fourth-order valence-electron chi connectivity index (χ4n) is 1.49. The number of halogens is 4. The van der Waals surface area contributed by atoms with Crippen LogP contribution in [0.1, 0.15) is 24.4 Å². The topological polar surface area (TPSA) is 30.7 Å². The minimum Gasteiger partial charge on any atom is -0.218 e. The first-order valence-electron chi connectivity index (χ1n) is 5.24. The van der Waals surface area contributed by atoms with Crippen molar-refractivity contribution >= 4 is 59.4 Å². The molecule has 2 aromatic rings. The summed E-state index contributed by atoms with van der Waals surface area (Å²) in [5, 5.41) is 8.10. The molecular formula is C11H9Br3ClN3. The monoisotopic (exact) mass is 455 g/mol. The van der Waals surface area contributed by atoms with Gasteiger partial charge in [-0.15, -0.1) is 16.7 Å². The van der Waals surface area contributed by atoms with Crippen LogP contribution >= 0.6 is 59.4 Å². The molecule has 0 aliphatic rings. The van der Waals surface area contributed by atoms with Gasteiger partial charge >= 0.3 is 0 Å². The van der Waals surface area contributed by atoms with Crippen molar-refractivity contribution in [1.82, 2.24) is 15.0 Å². The van der Waals surface area contributed by atoms with Crippen molar-refractivity contribution in [3.8, 4) is 5.69 Å². The summed E-state index contributed by atoms with van der Waals surface area (Å²) in [6, 6.07) is 3.92. The Balaban J connectivity index is 2.46. The highest BCUT2D eigenvalue weighted by molar-refractivity contribution is 9.11. The average molecular weight is 458 g/mol. The van der Waals surface area contributed by atoms with Crippen LogP contribution in [0.15, 0.2) is 31.7 Å². The lowest BCUT2D eigenvalue weighted by molar-refractivity contribution is 0.782. The second kappa shape index (κ2) is 6.03. The number of benzene rings is 1. The lowest BCUT2D eigenvalue weighted by Gasteiger charge is -2.07. The second-order valence-electron chi connectivity index (χ2n) is 3.68. The van der Waals surface area contributed by atoms with Gasteiger partial charge < -0.3 is 0 Å². The van der Waals surface area contributed by atoms with Crippen LogP contribution in [0, 0.1) is 0 Å². The van der Waals surface area contributed by atoms with Crippen LogP contribution in [0.5, 0.6) is 0 Å². The van der Waals surface area contributed by atoms with E-state index in [0.29, 0.717) is 0 Å². The van der Waals surface area contributed by atoms with Crippen LogP contribution in [-0.4, -0.2) is 15.0 Å². The minimum absolute atomic E-state index is 0.105. The Hall–Kier alpha value is 0.0900. The van der Waals surface area contributed by atoms with Crippen LogP contribution < -0.4 is 0 Å². The standard InChI is InChI=1S/C11H9Br3ClN3/c1-2-9(15)10-5-18(17-16-10)11-7(13)3-6(12)4-8(11)14/h3-5,9H,2H2,1H3. The molecule has 0 aliphatic heterocycles. The lowest BCUT2D eigenvalue weighted by atomic mass is 10.2. The largest absolute Gasteiger partial charge is 0.218 e. The van der Waals surface area contributed by atoms with Crippen molar-refractivity contribution < 1.29 is 0 Å². The van der Waals surface area contributed by atoms with E-state index in [9.17, 15) is 0 Å². The van der Waals surface area contributed by atoms with E-state index in [2.05, 4.69) is 58.1 Å². The van der Waals surface area contributed by atoms with Crippen molar-refractivity contribution in [2.24, 2.45) is 0 Å². The third kappa shape index (κ3) is 2.98. The highest BCUT2D eigenvalue weighted by Gasteiger charge is 2.14. The third-order valence-electron chi connectivity index (χ3n) is 2.40. The van der Waals surface area contributed by atoms with E-state index in [0.717, 1.165) is 31.2 Å². The third-order valence-corrected chi connectivity index (χ3v) is 4.60. The van der Waals surface area contributed by atoms with Gasteiger partial charge in [-0.25, -0.2) is 4.68 Å². The van der Waals surface area contributed by atoms with Crippen molar-refractivity contribution in [2.75, 3.05) is 0 Å². The van der Waals surface area contributed by atoms with E-state index in [1.165, 1.54) is 0 Å². The molecule has 2 rings (SSSR count). The molecule has 1 aromatic carbocycles. The first kappa shape index (κ1) is 14.5. The Morgan fingerprint density at radius 1 is 1.28 bits per heavy atom. The van der Waals surface area contributed by atoms with Crippen molar-refractivity contribution in [1.29, 1.82) is 0 Å². The average Bonchev–Trinajstić information content (AvgIpc) is 2.76. The predicted molar refractivity (Wildman–Crippen MR) is 83.3 cm³/mol. The van der Waals surface area contributed by atoms with Crippen LogP contribution in [0.3, 0.4) is 0 Å². The maximum atomic E-state index is 6.15. The second-order valence-corrected chi connectivity index (χ2v) is 6.83. The van der Waals surface area contributed by atoms with Gasteiger partial charge in [0, 0.05) is 13.4 Å². The number of rotatable bonds is 3. The van der Waals surface area contributed by atoms with Gasteiger partial charge in [0.15, 0.2) is 0 Å². The normalized spacial score (nSPS) is 12.7. The Kier molecular flexibility index (Phi) is 4.86.